The second-order valence-electron chi connectivity index (χ2n) is 17.1. The van der Waals surface area contributed by atoms with Crippen LogP contribution in [0.15, 0.2) is 90.1 Å². The molecule has 13 heteroatoms. The SMILES string of the molecule is COC(=O)c1ccc2c(c1)N(C[C@@H]1CC[C@H]1[C@H]1CC(CC[C@@H](C)S(=O)(=O)N(Cc3ccc(OC)cc3)Cc3ccc(OC)cc3)=NO1)C[C@@]1(CCCc3cc(Cl)ccc31)CO2. The lowest BCUT2D eigenvalue weighted by Gasteiger charge is -2.45. The van der Waals surface area contributed by atoms with E-state index in [1.54, 1.807) is 31.5 Å². The molecule has 4 aromatic rings. The van der Waals surface area contributed by atoms with Crippen molar-refractivity contribution in [2.45, 2.75) is 88.1 Å². The van der Waals surface area contributed by atoms with Gasteiger partial charge in [-0.2, -0.15) is 4.31 Å². The number of anilines is 1. The van der Waals surface area contributed by atoms with E-state index in [-0.39, 0.29) is 36.5 Å². The lowest BCUT2D eigenvalue weighted by Crippen LogP contribution is -2.49. The number of aryl methyl sites for hydroxylation is 1. The zero-order valence-corrected chi connectivity index (χ0v) is 37.1. The molecule has 4 aromatic carbocycles. The number of oxime groups is 1. The zero-order valence-electron chi connectivity index (χ0n) is 35.5. The minimum atomic E-state index is -3.72. The number of fused-ring (bicyclic) bond motifs is 3. The van der Waals surface area contributed by atoms with Crippen molar-refractivity contribution in [3.8, 4) is 17.2 Å². The summed E-state index contributed by atoms with van der Waals surface area (Å²) in [4.78, 5) is 21.3. The Hall–Kier alpha value is -4.78. The summed E-state index contributed by atoms with van der Waals surface area (Å²) in [6, 6.07) is 26.9. The smallest absolute Gasteiger partial charge is 0.337 e. The lowest BCUT2D eigenvalue weighted by atomic mass is 9.68. The molecule has 8 rings (SSSR count). The average Bonchev–Trinajstić information content (AvgIpc) is 3.67. The number of esters is 1. The normalized spacial score (nSPS) is 22.5. The van der Waals surface area contributed by atoms with Crippen LogP contribution in [0.1, 0.15) is 84.5 Å². The van der Waals surface area contributed by atoms with Crippen molar-refractivity contribution in [3.63, 3.8) is 0 Å². The predicted octanol–water partition coefficient (Wildman–Crippen LogP) is 8.99. The van der Waals surface area contributed by atoms with Crippen molar-refractivity contribution < 1.29 is 37.0 Å². The third-order valence-electron chi connectivity index (χ3n) is 13.4. The largest absolute Gasteiger partial charge is 0.497 e. The molecule has 2 aliphatic carbocycles. The van der Waals surface area contributed by atoms with E-state index in [0.29, 0.717) is 48.8 Å². The van der Waals surface area contributed by atoms with E-state index in [2.05, 4.69) is 22.2 Å². The van der Waals surface area contributed by atoms with E-state index >= 15 is 0 Å². The Morgan fingerprint density at radius 1 is 0.951 bits per heavy atom. The van der Waals surface area contributed by atoms with Crippen LogP contribution in [-0.4, -0.2) is 76.8 Å². The van der Waals surface area contributed by atoms with Gasteiger partial charge in [-0.05, 0) is 135 Å². The number of benzene rings is 4. The molecule has 0 radical (unpaired) electrons. The summed E-state index contributed by atoms with van der Waals surface area (Å²) in [5, 5.41) is 4.65. The fourth-order valence-corrected chi connectivity index (χ4v) is 11.4. The maximum absolute atomic E-state index is 14.3. The van der Waals surface area contributed by atoms with Gasteiger partial charge in [0.25, 0.3) is 0 Å². The first-order chi connectivity index (χ1) is 29.5. The minimum Gasteiger partial charge on any atom is -0.497 e. The number of hydrogen-bond acceptors (Lipinski definition) is 10. The summed E-state index contributed by atoms with van der Waals surface area (Å²) >= 11 is 6.48. The molecule has 0 unspecified atom stereocenters. The molecule has 1 fully saturated rings. The summed E-state index contributed by atoms with van der Waals surface area (Å²) in [5.74, 6) is 2.44. The first-order valence-electron chi connectivity index (χ1n) is 21.3. The van der Waals surface area contributed by atoms with Crippen LogP contribution in [-0.2, 0) is 44.5 Å². The van der Waals surface area contributed by atoms with E-state index < -0.39 is 15.3 Å². The maximum Gasteiger partial charge on any atom is 0.337 e. The highest BCUT2D eigenvalue weighted by molar-refractivity contribution is 7.89. The zero-order chi connectivity index (χ0) is 42.7. The molecule has 4 aliphatic rings. The third kappa shape index (κ3) is 9.22. The van der Waals surface area contributed by atoms with Gasteiger partial charge in [-0.25, -0.2) is 13.2 Å². The topological polar surface area (TPSA) is 116 Å². The number of hydrogen-bond donors (Lipinski definition) is 0. The quantitative estimate of drug-likeness (QED) is 0.108. The van der Waals surface area contributed by atoms with Crippen molar-refractivity contribution in [2.24, 2.45) is 17.0 Å². The molecule has 61 heavy (non-hydrogen) atoms. The third-order valence-corrected chi connectivity index (χ3v) is 15.8. The van der Waals surface area contributed by atoms with Gasteiger partial charge in [0.05, 0.1) is 50.1 Å². The molecule has 2 aliphatic heterocycles. The molecular formula is C48H56ClN3O8S. The highest BCUT2D eigenvalue weighted by atomic mass is 35.5. The maximum atomic E-state index is 14.3. The van der Waals surface area contributed by atoms with Crippen LogP contribution in [0.2, 0.25) is 5.02 Å². The standard InChI is InChI=1S/C48H56ClN3O8S/c1-32(61(54,55)52(27-33-8-16-40(56-2)17-9-33)28-34-10-18-41(57-3)19-11-34)7-15-39-26-46(60-50-39)42-20-12-37(42)29-51-30-48(23-5-6-35-24-38(49)14-21-43(35)48)31-59-45-22-13-36(25-44(45)51)47(53)58-4/h8-11,13-14,16-19,21-22,24-25,32,37,42,46H,5-7,12,15,20,23,26-31H2,1-4H3/t32-,37+,42-,46-,48+/m1/s1. The van der Waals surface area contributed by atoms with E-state index in [1.165, 1.54) is 18.2 Å². The second kappa shape index (κ2) is 18.3. The van der Waals surface area contributed by atoms with Gasteiger partial charge in [-0.3, -0.25) is 0 Å². The molecule has 0 aromatic heterocycles. The van der Waals surface area contributed by atoms with Gasteiger partial charge in [0.15, 0.2) is 0 Å². The first-order valence-corrected chi connectivity index (χ1v) is 23.2. The first kappa shape index (κ1) is 42.9. The second-order valence-corrected chi connectivity index (χ2v) is 19.9. The fourth-order valence-electron chi connectivity index (χ4n) is 9.66. The number of carbonyl (C=O) groups is 1. The Bertz CT molecular complexity index is 2290. The minimum absolute atomic E-state index is 0.0714. The highest BCUT2D eigenvalue weighted by Crippen LogP contribution is 2.47. The number of carbonyl (C=O) groups excluding carboxylic acids is 1. The Morgan fingerprint density at radius 2 is 1.66 bits per heavy atom. The summed E-state index contributed by atoms with van der Waals surface area (Å²) < 4.78 is 52.6. The Balaban J connectivity index is 0.939. The molecule has 11 nitrogen and oxygen atoms in total. The Morgan fingerprint density at radius 3 is 2.30 bits per heavy atom. The van der Waals surface area contributed by atoms with Crippen molar-refractivity contribution >= 4 is 39.0 Å². The van der Waals surface area contributed by atoms with Crippen LogP contribution in [0.4, 0.5) is 5.69 Å². The molecule has 2 heterocycles. The molecule has 5 atom stereocenters. The van der Waals surface area contributed by atoms with Gasteiger partial charge in [0.1, 0.15) is 23.4 Å². The molecular weight excluding hydrogens is 814 g/mol. The van der Waals surface area contributed by atoms with Crippen LogP contribution >= 0.6 is 11.6 Å². The molecule has 0 bridgehead atoms. The number of halogens is 1. The van der Waals surface area contributed by atoms with Gasteiger partial charge in [-0.15, -0.1) is 0 Å². The van der Waals surface area contributed by atoms with Crippen molar-refractivity contribution in [2.75, 3.05) is 45.9 Å². The van der Waals surface area contributed by atoms with Crippen LogP contribution in [0, 0.1) is 11.8 Å². The number of sulfonamides is 1. The number of methoxy groups -OCH3 is 3. The van der Waals surface area contributed by atoms with Crippen LogP contribution in [0.5, 0.6) is 17.2 Å². The van der Waals surface area contributed by atoms with Gasteiger partial charge >= 0.3 is 5.97 Å². The van der Waals surface area contributed by atoms with E-state index in [0.717, 1.165) is 78.5 Å². The van der Waals surface area contributed by atoms with E-state index in [4.69, 9.17) is 35.4 Å². The van der Waals surface area contributed by atoms with Gasteiger partial charge in [0, 0.05) is 49.0 Å². The Kier molecular flexibility index (Phi) is 12.9. The monoisotopic (exact) mass is 869 g/mol. The lowest BCUT2D eigenvalue weighted by molar-refractivity contribution is -0.0213. The van der Waals surface area contributed by atoms with E-state index in [9.17, 15) is 13.2 Å². The average molecular weight is 871 g/mol. The summed E-state index contributed by atoms with van der Waals surface area (Å²) in [6.45, 7) is 4.32. The molecule has 0 amide bonds. The van der Waals surface area contributed by atoms with Gasteiger partial charge < -0.3 is 28.7 Å². The van der Waals surface area contributed by atoms with Crippen molar-refractivity contribution in [1.29, 1.82) is 0 Å². The highest BCUT2D eigenvalue weighted by Gasteiger charge is 2.46. The van der Waals surface area contributed by atoms with Crippen LogP contribution < -0.4 is 19.1 Å². The van der Waals surface area contributed by atoms with Crippen LogP contribution in [0.25, 0.3) is 0 Å². The van der Waals surface area contributed by atoms with Gasteiger partial charge in [-0.1, -0.05) is 47.1 Å². The summed E-state index contributed by atoms with van der Waals surface area (Å²) in [5.41, 5.74) is 6.38. The van der Waals surface area contributed by atoms with E-state index in [1.807, 2.05) is 66.7 Å². The molecule has 0 N–H and O–H groups in total. The molecule has 324 valence electrons. The molecule has 0 saturated heterocycles. The number of nitrogens with zero attached hydrogens (tertiary/aromatic N) is 3. The number of ether oxygens (including phenoxy) is 4. The summed E-state index contributed by atoms with van der Waals surface area (Å²) in [6.07, 6.45) is 6.66. The number of rotatable bonds is 15. The fraction of sp³-hybridized carbons (Fsp3) is 0.458. The van der Waals surface area contributed by atoms with Gasteiger partial charge in [0.2, 0.25) is 10.0 Å². The molecule has 1 spiro atoms. The Labute approximate surface area is 365 Å². The van der Waals surface area contributed by atoms with Crippen molar-refractivity contribution in [3.05, 3.63) is 118 Å². The summed E-state index contributed by atoms with van der Waals surface area (Å²) in [7, 11) is 0.913. The molecule has 1 saturated carbocycles. The van der Waals surface area contributed by atoms with Crippen LogP contribution in [0.3, 0.4) is 0 Å². The predicted molar refractivity (Wildman–Crippen MR) is 238 cm³/mol. The van der Waals surface area contributed by atoms with Crippen molar-refractivity contribution in [1.82, 2.24) is 4.31 Å².